The largest absolute Gasteiger partial charge is 0.478 e. The second kappa shape index (κ2) is 8.35. The van der Waals surface area contributed by atoms with Crippen molar-refractivity contribution in [1.29, 1.82) is 0 Å². The number of benzene rings is 1. The van der Waals surface area contributed by atoms with Gasteiger partial charge in [-0.05, 0) is 50.8 Å². The summed E-state index contributed by atoms with van der Waals surface area (Å²) in [5, 5.41) is 22.5. The molecule has 1 aliphatic carbocycles. The molecule has 1 saturated carbocycles. The number of aliphatic hydroxyl groups excluding tert-OH is 1. The highest BCUT2D eigenvalue weighted by molar-refractivity contribution is 6.06. The third-order valence-corrected chi connectivity index (χ3v) is 5.51. The molecule has 9 heteroatoms. The van der Waals surface area contributed by atoms with Crippen molar-refractivity contribution in [2.75, 3.05) is 0 Å². The number of hydrogen-bond acceptors (Lipinski definition) is 6. The lowest BCUT2D eigenvalue weighted by molar-refractivity contribution is 0.0696. The number of fused-ring (bicyclic) bond motifs is 2. The molecule has 0 spiro atoms. The van der Waals surface area contributed by atoms with Crippen LogP contribution in [0, 0.1) is 13.8 Å². The molecule has 0 saturated heterocycles. The summed E-state index contributed by atoms with van der Waals surface area (Å²) < 4.78 is 13.0. The van der Waals surface area contributed by atoms with Gasteiger partial charge in [-0.1, -0.05) is 0 Å². The van der Waals surface area contributed by atoms with Crippen molar-refractivity contribution in [2.45, 2.75) is 39.2 Å². The Kier molecular flexibility index (Phi) is 5.58. The van der Waals surface area contributed by atoms with Crippen LogP contribution in [0.25, 0.3) is 16.5 Å². The lowest BCUT2D eigenvalue weighted by Crippen LogP contribution is -2.15. The van der Waals surface area contributed by atoms with E-state index in [0.29, 0.717) is 44.9 Å². The number of furan rings is 1. The number of ether oxygens (including phenoxy) is 1. The summed E-state index contributed by atoms with van der Waals surface area (Å²) in [5.74, 6) is -0.226. The van der Waals surface area contributed by atoms with Gasteiger partial charge in [-0.15, -0.1) is 0 Å². The van der Waals surface area contributed by atoms with Crippen LogP contribution in [0.15, 0.2) is 41.1 Å². The van der Waals surface area contributed by atoms with Gasteiger partial charge in [0.25, 0.3) is 5.91 Å². The van der Waals surface area contributed by atoms with Crippen LogP contribution in [0.3, 0.4) is 0 Å². The van der Waals surface area contributed by atoms with E-state index in [-0.39, 0.29) is 11.7 Å². The summed E-state index contributed by atoms with van der Waals surface area (Å²) in [6, 6.07) is 6.70. The minimum atomic E-state index is -1.03. The molecule has 0 unspecified atom stereocenters. The van der Waals surface area contributed by atoms with Crippen molar-refractivity contribution < 1.29 is 29.0 Å². The molecule has 32 heavy (non-hydrogen) atoms. The quantitative estimate of drug-likeness (QED) is 0.441. The molecule has 0 atom stereocenters. The van der Waals surface area contributed by atoms with E-state index in [2.05, 4.69) is 5.10 Å². The number of aromatic nitrogens is 2. The Hall–Kier alpha value is -3.85. The summed E-state index contributed by atoms with van der Waals surface area (Å²) in [6.45, 7) is 3.37. The zero-order valence-corrected chi connectivity index (χ0v) is 17.7. The first-order chi connectivity index (χ1) is 15.3. The summed E-state index contributed by atoms with van der Waals surface area (Å²) in [7, 11) is 0. The lowest BCUT2D eigenvalue weighted by Gasteiger charge is -2.17. The van der Waals surface area contributed by atoms with Crippen LogP contribution in [0.5, 0.6) is 11.5 Å². The van der Waals surface area contributed by atoms with Crippen LogP contribution in [0.4, 0.5) is 0 Å². The number of hydrogen-bond donors (Lipinski definition) is 3. The van der Waals surface area contributed by atoms with E-state index in [0.717, 1.165) is 12.8 Å². The molecule has 0 aliphatic heterocycles. The number of aryl methyl sites for hydroxylation is 2. The van der Waals surface area contributed by atoms with Crippen molar-refractivity contribution in [3.63, 3.8) is 0 Å². The standard InChI is InChI=1S/C19H15N3O5.C4H8O/c1-9-13(19(24)25)8-22-17(9)14(5-6-21-22)27-11-3-4-12-15(7-11)26-10(2)16(12)18(20)23;5-4-2-1-3-4/h3-8H,1-2H3,(H2,20,23)(H,24,25);4-5H,1-3H2. The Morgan fingerprint density at radius 1 is 1.25 bits per heavy atom. The predicted octanol–water partition coefficient (Wildman–Crippen LogP) is 3.82. The molecule has 3 aromatic heterocycles. The highest BCUT2D eigenvalue weighted by Gasteiger charge is 2.19. The molecule has 1 fully saturated rings. The third kappa shape index (κ3) is 3.90. The smallest absolute Gasteiger partial charge is 0.337 e. The predicted molar refractivity (Wildman–Crippen MR) is 116 cm³/mol. The van der Waals surface area contributed by atoms with Crippen molar-refractivity contribution in [3.8, 4) is 11.5 Å². The van der Waals surface area contributed by atoms with Gasteiger partial charge in [-0.3, -0.25) is 4.79 Å². The number of aromatic carboxylic acids is 1. The summed E-state index contributed by atoms with van der Waals surface area (Å²) >= 11 is 0. The highest BCUT2D eigenvalue weighted by Crippen LogP contribution is 2.33. The summed E-state index contributed by atoms with van der Waals surface area (Å²) in [5.41, 5.74) is 7.49. The molecular formula is C23H23N3O6. The van der Waals surface area contributed by atoms with Gasteiger partial charge < -0.3 is 25.1 Å². The minimum absolute atomic E-state index is 0.0648. The van der Waals surface area contributed by atoms with Crippen molar-refractivity contribution in [2.24, 2.45) is 5.73 Å². The van der Waals surface area contributed by atoms with Gasteiger partial charge in [0.05, 0.1) is 23.4 Å². The van der Waals surface area contributed by atoms with E-state index in [1.54, 1.807) is 38.1 Å². The van der Waals surface area contributed by atoms with Gasteiger partial charge in [0.15, 0.2) is 5.75 Å². The van der Waals surface area contributed by atoms with Crippen LogP contribution < -0.4 is 10.5 Å². The Balaban J connectivity index is 0.000000433. The zero-order chi connectivity index (χ0) is 23.0. The minimum Gasteiger partial charge on any atom is -0.478 e. The number of rotatable bonds is 4. The topological polar surface area (TPSA) is 140 Å². The van der Waals surface area contributed by atoms with Crippen LogP contribution in [0.2, 0.25) is 0 Å². The number of carboxylic acids is 1. The van der Waals surface area contributed by atoms with E-state index in [4.69, 9.17) is 20.0 Å². The molecule has 4 N–H and O–H groups in total. The van der Waals surface area contributed by atoms with E-state index in [1.165, 1.54) is 23.3 Å². The average molecular weight is 437 g/mol. The summed E-state index contributed by atoms with van der Waals surface area (Å²) in [4.78, 5) is 23.0. The van der Waals surface area contributed by atoms with Crippen LogP contribution in [-0.4, -0.2) is 37.8 Å². The van der Waals surface area contributed by atoms with Gasteiger partial charge in [0.1, 0.15) is 22.6 Å². The Morgan fingerprint density at radius 2 is 1.97 bits per heavy atom. The lowest BCUT2D eigenvalue weighted by atomic mass is 9.97. The second-order valence-electron chi connectivity index (χ2n) is 7.70. The molecule has 166 valence electrons. The fraction of sp³-hybridized carbons (Fsp3) is 0.261. The number of primary amides is 1. The number of carbonyl (C=O) groups excluding carboxylic acids is 1. The normalized spacial score (nSPS) is 13.5. The van der Waals surface area contributed by atoms with Gasteiger partial charge in [0.2, 0.25) is 0 Å². The molecule has 1 aliphatic rings. The number of amides is 1. The van der Waals surface area contributed by atoms with Gasteiger partial charge >= 0.3 is 5.97 Å². The van der Waals surface area contributed by atoms with E-state index < -0.39 is 11.9 Å². The number of carboxylic acid groups (broad SMARTS) is 1. The monoisotopic (exact) mass is 437 g/mol. The van der Waals surface area contributed by atoms with E-state index in [1.807, 2.05) is 0 Å². The van der Waals surface area contributed by atoms with Crippen LogP contribution >= 0.6 is 0 Å². The number of carbonyl (C=O) groups is 2. The number of nitrogens with two attached hydrogens (primary N) is 1. The molecule has 3 heterocycles. The number of nitrogens with zero attached hydrogens (tertiary/aromatic N) is 2. The maximum atomic E-state index is 11.6. The van der Waals surface area contributed by atoms with Gasteiger partial charge in [-0.2, -0.15) is 5.10 Å². The Morgan fingerprint density at radius 3 is 2.56 bits per heavy atom. The first kappa shape index (κ1) is 21.4. The third-order valence-electron chi connectivity index (χ3n) is 5.51. The first-order valence-electron chi connectivity index (χ1n) is 10.2. The summed E-state index contributed by atoms with van der Waals surface area (Å²) in [6.07, 6.45) is 6.35. The molecule has 0 radical (unpaired) electrons. The van der Waals surface area contributed by atoms with Crippen molar-refractivity contribution in [3.05, 3.63) is 59.1 Å². The molecule has 4 aromatic rings. The highest BCUT2D eigenvalue weighted by atomic mass is 16.5. The maximum Gasteiger partial charge on any atom is 0.337 e. The van der Waals surface area contributed by atoms with Crippen molar-refractivity contribution >= 4 is 28.4 Å². The fourth-order valence-corrected chi connectivity index (χ4v) is 3.60. The van der Waals surface area contributed by atoms with E-state index in [9.17, 15) is 14.7 Å². The molecule has 1 amide bonds. The molecule has 9 nitrogen and oxygen atoms in total. The van der Waals surface area contributed by atoms with Crippen LogP contribution in [0.1, 0.15) is 51.3 Å². The zero-order valence-electron chi connectivity index (χ0n) is 17.7. The molecular weight excluding hydrogens is 414 g/mol. The SMILES string of the molecule is Cc1oc2cc(Oc3ccnn4cc(C(=O)O)c(C)c34)ccc2c1C(N)=O.OC1CCC1. The molecule has 5 rings (SSSR count). The van der Waals surface area contributed by atoms with E-state index >= 15 is 0 Å². The average Bonchev–Trinajstić information content (AvgIpc) is 3.23. The molecule has 0 bridgehead atoms. The van der Waals surface area contributed by atoms with Gasteiger partial charge in [0, 0.05) is 23.7 Å². The maximum absolute atomic E-state index is 11.6. The Labute approximate surface area is 183 Å². The molecule has 1 aromatic carbocycles. The number of aliphatic hydroxyl groups is 1. The Bertz CT molecular complexity index is 1330. The van der Waals surface area contributed by atoms with Crippen LogP contribution in [-0.2, 0) is 0 Å². The van der Waals surface area contributed by atoms with Crippen molar-refractivity contribution in [1.82, 2.24) is 9.61 Å². The van der Waals surface area contributed by atoms with Gasteiger partial charge in [-0.25, -0.2) is 9.31 Å². The second-order valence-corrected chi connectivity index (χ2v) is 7.70. The first-order valence-corrected chi connectivity index (χ1v) is 10.2. The fourth-order valence-electron chi connectivity index (χ4n) is 3.60.